The van der Waals surface area contributed by atoms with Gasteiger partial charge in [0, 0.05) is 25.8 Å². The van der Waals surface area contributed by atoms with E-state index < -0.39 is 0 Å². The third-order valence-electron chi connectivity index (χ3n) is 2.92. The number of pyridine rings is 1. The first kappa shape index (κ1) is 10.2. The zero-order chi connectivity index (χ0) is 10.7. The fourth-order valence-electron chi connectivity index (χ4n) is 2.00. The van der Waals surface area contributed by atoms with Gasteiger partial charge in [-0.2, -0.15) is 0 Å². The van der Waals surface area contributed by atoms with Crippen LogP contribution in [0, 0.1) is 0 Å². The number of hydrogen-bond acceptors (Lipinski definition) is 4. The maximum Gasteiger partial charge on any atom is 0.171 e. The van der Waals surface area contributed by atoms with E-state index in [1.165, 1.54) is 6.42 Å². The Balaban J connectivity index is 2.12. The van der Waals surface area contributed by atoms with Crippen LogP contribution in [0.5, 0.6) is 5.75 Å². The van der Waals surface area contributed by atoms with Crippen LogP contribution in [-0.4, -0.2) is 36.3 Å². The van der Waals surface area contributed by atoms with Crippen molar-refractivity contribution in [2.75, 3.05) is 25.0 Å². The predicted molar refractivity (Wildman–Crippen MR) is 60.2 cm³/mol. The highest BCUT2D eigenvalue weighted by molar-refractivity contribution is 5.51. The molecule has 1 atom stereocenters. The smallest absolute Gasteiger partial charge is 0.171 e. The predicted octanol–water partition coefficient (Wildman–Crippen LogP) is 0.975. The maximum atomic E-state index is 9.69. The third-order valence-corrected chi connectivity index (χ3v) is 2.92. The molecule has 82 valence electrons. The molecule has 0 spiro atoms. The summed E-state index contributed by atoms with van der Waals surface area (Å²) in [4.78, 5) is 6.26. The minimum absolute atomic E-state index is 0.255. The molecule has 2 N–H and O–H groups in total. The maximum absolute atomic E-state index is 9.69. The van der Waals surface area contributed by atoms with E-state index in [4.69, 9.17) is 0 Å². The van der Waals surface area contributed by atoms with Crippen LogP contribution in [0.4, 0.5) is 5.82 Å². The Hall–Kier alpha value is -1.29. The molecule has 1 aliphatic heterocycles. The number of aromatic hydroxyl groups is 1. The molecule has 0 radical (unpaired) electrons. The van der Waals surface area contributed by atoms with Crippen molar-refractivity contribution in [3.63, 3.8) is 0 Å². The molecule has 0 aromatic carbocycles. The summed E-state index contributed by atoms with van der Waals surface area (Å²) in [7, 11) is 1.99. The van der Waals surface area contributed by atoms with E-state index in [9.17, 15) is 5.11 Å². The molecule has 1 saturated heterocycles. The van der Waals surface area contributed by atoms with Crippen LogP contribution in [0.25, 0.3) is 0 Å². The average molecular weight is 207 g/mol. The first-order chi connectivity index (χ1) is 7.29. The summed E-state index contributed by atoms with van der Waals surface area (Å²) in [5, 5.41) is 13.0. The minimum atomic E-state index is 0.255. The van der Waals surface area contributed by atoms with E-state index in [0.717, 1.165) is 19.5 Å². The minimum Gasteiger partial charge on any atom is -0.504 e. The lowest BCUT2D eigenvalue weighted by Gasteiger charge is -2.32. The molecule has 4 heteroatoms. The van der Waals surface area contributed by atoms with Gasteiger partial charge in [0.2, 0.25) is 0 Å². The van der Waals surface area contributed by atoms with Crippen LogP contribution in [0.1, 0.15) is 12.8 Å². The van der Waals surface area contributed by atoms with Crippen LogP contribution in [0.2, 0.25) is 0 Å². The number of nitrogens with zero attached hydrogens (tertiary/aromatic N) is 2. The van der Waals surface area contributed by atoms with Gasteiger partial charge in [0.1, 0.15) is 0 Å². The Morgan fingerprint density at radius 2 is 2.47 bits per heavy atom. The lowest BCUT2D eigenvalue weighted by atomic mass is 10.1. The normalized spacial score (nSPS) is 21.3. The molecule has 2 rings (SSSR count). The second kappa shape index (κ2) is 4.49. The standard InChI is InChI=1S/C11H17N3O/c1-14(9-4-2-6-12-8-9)11-10(15)5-3-7-13-11/h3,5,7,9,12,15H,2,4,6,8H2,1H3/t9-/m0/s1. The molecule has 0 bridgehead atoms. The molecule has 0 aliphatic carbocycles. The van der Waals surface area contributed by atoms with Gasteiger partial charge in [0.25, 0.3) is 0 Å². The van der Waals surface area contributed by atoms with Gasteiger partial charge in [-0.25, -0.2) is 4.98 Å². The lowest BCUT2D eigenvalue weighted by molar-refractivity contribution is 0.431. The highest BCUT2D eigenvalue weighted by Crippen LogP contribution is 2.25. The lowest BCUT2D eigenvalue weighted by Crippen LogP contribution is -2.44. The van der Waals surface area contributed by atoms with Crippen LogP contribution >= 0.6 is 0 Å². The first-order valence-corrected chi connectivity index (χ1v) is 5.36. The van der Waals surface area contributed by atoms with Gasteiger partial charge in [-0.3, -0.25) is 0 Å². The Bertz CT molecular complexity index is 323. The van der Waals surface area contributed by atoms with Crippen molar-refractivity contribution in [1.29, 1.82) is 0 Å². The summed E-state index contributed by atoms with van der Waals surface area (Å²) in [6, 6.07) is 3.85. The largest absolute Gasteiger partial charge is 0.504 e. The molecule has 1 aromatic rings. The molecular formula is C11H17N3O. The fourth-order valence-corrected chi connectivity index (χ4v) is 2.00. The van der Waals surface area contributed by atoms with E-state index in [1.54, 1.807) is 18.3 Å². The Labute approximate surface area is 89.9 Å². The highest BCUT2D eigenvalue weighted by atomic mass is 16.3. The van der Waals surface area contributed by atoms with Gasteiger partial charge < -0.3 is 15.3 Å². The van der Waals surface area contributed by atoms with Gasteiger partial charge in [-0.1, -0.05) is 0 Å². The number of piperidine rings is 1. The molecule has 4 nitrogen and oxygen atoms in total. The van der Waals surface area contributed by atoms with Crippen molar-refractivity contribution < 1.29 is 5.11 Å². The van der Waals surface area contributed by atoms with E-state index in [-0.39, 0.29) is 5.75 Å². The number of rotatable bonds is 2. The van der Waals surface area contributed by atoms with Crippen molar-refractivity contribution in [2.24, 2.45) is 0 Å². The Kier molecular flexibility index (Phi) is 3.06. The zero-order valence-corrected chi connectivity index (χ0v) is 8.98. The van der Waals surface area contributed by atoms with Crippen molar-refractivity contribution in [3.05, 3.63) is 18.3 Å². The number of aromatic nitrogens is 1. The molecule has 1 fully saturated rings. The Morgan fingerprint density at radius 3 is 3.13 bits per heavy atom. The SMILES string of the molecule is CN(c1ncccc1O)[C@H]1CCCNC1. The van der Waals surface area contributed by atoms with Gasteiger partial charge in [0.15, 0.2) is 11.6 Å². The second-order valence-corrected chi connectivity index (χ2v) is 3.96. The first-order valence-electron chi connectivity index (χ1n) is 5.36. The van der Waals surface area contributed by atoms with Crippen molar-refractivity contribution >= 4 is 5.82 Å². The molecule has 2 heterocycles. The van der Waals surface area contributed by atoms with E-state index in [0.29, 0.717) is 11.9 Å². The van der Waals surface area contributed by atoms with Crippen molar-refractivity contribution in [3.8, 4) is 5.75 Å². The van der Waals surface area contributed by atoms with E-state index in [1.807, 2.05) is 7.05 Å². The van der Waals surface area contributed by atoms with Crippen LogP contribution < -0.4 is 10.2 Å². The summed E-state index contributed by atoms with van der Waals surface area (Å²) in [5.41, 5.74) is 0. The molecule has 0 unspecified atom stereocenters. The molecular weight excluding hydrogens is 190 g/mol. The van der Waals surface area contributed by atoms with Crippen molar-refractivity contribution in [1.82, 2.24) is 10.3 Å². The van der Waals surface area contributed by atoms with Gasteiger partial charge in [-0.05, 0) is 31.5 Å². The van der Waals surface area contributed by atoms with E-state index in [2.05, 4.69) is 15.2 Å². The summed E-state index contributed by atoms with van der Waals surface area (Å²) >= 11 is 0. The summed E-state index contributed by atoms with van der Waals surface area (Å²) in [5.74, 6) is 0.928. The fraction of sp³-hybridized carbons (Fsp3) is 0.545. The molecule has 1 aromatic heterocycles. The summed E-state index contributed by atoms with van der Waals surface area (Å²) < 4.78 is 0. The van der Waals surface area contributed by atoms with Crippen LogP contribution in [-0.2, 0) is 0 Å². The molecule has 0 amide bonds. The van der Waals surface area contributed by atoms with Crippen LogP contribution in [0.3, 0.4) is 0 Å². The van der Waals surface area contributed by atoms with Gasteiger partial charge in [-0.15, -0.1) is 0 Å². The third kappa shape index (κ3) is 2.21. The summed E-state index contributed by atoms with van der Waals surface area (Å²) in [6.07, 6.45) is 4.05. The van der Waals surface area contributed by atoms with E-state index >= 15 is 0 Å². The monoisotopic (exact) mass is 207 g/mol. The second-order valence-electron chi connectivity index (χ2n) is 3.96. The van der Waals surface area contributed by atoms with Gasteiger partial charge >= 0.3 is 0 Å². The molecule has 1 aliphatic rings. The topological polar surface area (TPSA) is 48.4 Å². The number of likely N-dealkylation sites (N-methyl/N-ethyl adjacent to an activating group) is 1. The van der Waals surface area contributed by atoms with Crippen molar-refractivity contribution in [2.45, 2.75) is 18.9 Å². The zero-order valence-electron chi connectivity index (χ0n) is 8.98. The molecule has 15 heavy (non-hydrogen) atoms. The molecule has 0 saturated carbocycles. The number of hydrogen-bond donors (Lipinski definition) is 2. The highest BCUT2D eigenvalue weighted by Gasteiger charge is 2.20. The Morgan fingerprint density at radius 1 is 1.60 bits per heavy atom. The summed E-state index contributed by atoms with van der Waals surface area (Å²) in [6.45, 7) is 2.06. The quantitative estimate of drug-likeness (QED) is 0.759. The number of anilines is 1. The average Bonchev–Trinajstić information content (AvgIpc) is 2.30. The van der Waals surface area contributed by atoms with Gasteiger partial charge in [0.05, 0.1) is 0 Å². The number of nitrogens with one attached hydrogen (secondary N) is 1. The van der Waals surface area contributed by atoms with Crippen LogP contribution in [0.15, 0.2) is 18.3 Å².